The number of guanidine groups is 1. The molecule has 0 aliphatic carbocycles. The van der Waals surface area contributed by atoms with Crippen molar-refractivity contribution in [3.8, 4) is 0 Å². The first-order valence-corrected chi connectivity index (χ1v) is 9.62. The summed E-state index contributed by atoms with van der Waals surface area (Å²) in [5.41, 5.74) is 0.133. The fourth-order valence-corrected chi connectivity index (χ4v) is 3.36. The van der Waals surface area contributed by atoms with Gasteiger partial charge in [-0.05, 0) is 45.7 Å². The van der Waals surface area contributed by atoms with Gasteiger partial charge in [-0.2, -0.15) is 0 Å². The summed E-state index contributed by atoms with van der Waals surface area (Å²) < 4.78 is 2.21. The Balaban J connectivity index is 1.83. The molecular formula is C19H36N6. The van der Waals surface area contributed by atoms with Crippen LogP contribution in [0.2, 0.25) is 0 Å². The van der Waals surface area contributed by atoms with E-state index < -0.39 is 0 Å². The van der Waals surface area contributed by atoms with Gasteiger partial charge in [0.1, 0.15) is 5.82 Å². The van der Waals surface area contributed by atoms with E-state index in [-0.39, 0.29) is 5.54 Å². The second-order valence-corrected chi connectivity index (χ2v) is 8.03. The predicted molar refractivity (Wildman–Crippen MR) is 105 cm³/mol. The molecule has 1 saturated heterocycles. The molecule has 2 N–H and O–H groups in total. The molecule has 1 aliphatic heterocycles. The van der Waals surface area contributed by atoms with Gasteiger partial charge in [-0.1, -0.05) is 20.3 Å². The molecular weight excluding hydrogens is 312 g/mol. The molecule has 2 heterocycles. The normalized spacial score (nSPS) is 17.1. The van der Waals surface area contributed by atoms with Crippen LogP contribution in [0, 0.1) is 5.92 Å². The number of imidazole rings is 1. The van der Waals surface area contributed by atoms with Crippen molar-refractivity contribution < 1.29 is 0 Å². The van der Waals surface area contributed by atoms with Crippen LogP contribution in [-0.2, 0) is 13.1 Å². The molecule has 0 spiro atoms. The number of aromatic nitrogens is 2. The van der Waals surface area contributed by atoms with Crippen LogP contribution in [0.4, 0.5) is 0 Å². The Morgan fingerprint density at radius 2 is 1.96 bits per heavy atom. The summed E-state index contributed by atoms with van der Waals surface area (Å²) >= 11 is 0. The van der Waals surface area contributed by atoms with Gasteiger partial charge in [0.2, 0.25) is 0 Å². The van der Waals surface area contributed by atoms with Crippen molar-refractivity contribution in [3.05, 3.63) is 18.2 Å². The van der Waals surface area contributed by atoms with E-state index in [9.17, 15) is 0 Å². The number of nitrogens with zero attached hydrogens (tertiary/aromatic N) is 4. The topological polar surface area (TPSA) is 57.5 Å². The molecule has 1 aromatic heterocycles. The van der Waals surface area contributed by atoms with Crippen LogP contribution in [0.1, 0.15) is 52.8 Å². The zero-order valence-electron chi connectivity index (χ0n) is 16.7. The molecule has 1 fully saturated rings. The lowest BCUT2D eigenvalue weighted by atomic mass is 9.98. The van der Waals surface area contributed by atoms with Gasteiger partial charge < -0.3 is 15.2 Å². The Kier molecular flexibility index (Phi) is 7.29. The van der Waals surface area contributed by atoms with Crippen molar-refractivity contribution in [1.29, 1.82) is 0 Å². The van der Waals surface area contributed by atoms with Crippen LogP contribution in [0.15, 0.2) is 17.4 Å². The quantitative estimate of drug-likeness (QED) is 0.587. The van der Waals surface area contributed by atoms with E-state index in [1.165, 1.54) is 32.4 Å². The molecule has 0 unspecified atom stereocenters. The molecule has 0 bridgehead atoms. The van der Waals surface area contributed by atoms with Gasteiger partial charge in [-0.25, -0.2) is 4.98 Å². The third-order valence-corrected chi connectivity index (χ3v) is 4.90. The highest BCUT2D eigenvalue weighted by molar-refractivity contribution is 5.79. The predicted octanol–water partition coefficient (Wildman–Crippen LogP) is 2.47. The third kappa shape index (κ3) is 6.03. The van der Waals surface area contributed by atoms with E-state index in [4.69, 9.17) is 0 Å². The Morgan fingerprint density at radius 3 is 2.60 bits per heavy atom. The summed E-state index contributed by atoms with van der Waals surface area (Å²) in [7, 11) is 1.82. The zero-order chi connectivity index (χ0) is 18.3. The SMILES string of the molecule is CN=C(NCc1nccn1CC(C)C)NCC(C)(C)N1CCCCC1. The summed E-state index contributed by atoms with van der Waals surface area (Å²) in [4.78, 5) is 11.4. The number of aliphatic imine (C=N–C) groups is 1. The minimum Gasteiger partial charge on any atom is -0.355 e. The van der Waals surface area contributed by atoms with Crippen LogP contribution in [0.5, 0.6) is 0 Å². The van der Waals surface area contributed by atoms with Gasteiger partial charge in [0.15, 0.2) is 5.96 Å². The largest absolute Gasteiger partial charge is 0.355 e. The fourth-order valence-electron chi connectivity index (χ4n) is 3.36. The molecule has 6 nitrogen and oxygen atoms in total. The minimum atomic E-state index is 0.133. The van der Waals surface area contributed by atoms with Crippen molar-refractivity contribution in [3.63, 3.8) is 0 Å². The maximum atomic E-state index is 4.47. The van der Waals surface area contributed by atoms with Gasteiger partial charge in [-0.3, -0.25) is 9.89 Å². The monoisotopic (exact) mass is 348 g/mol. The van der Waals surface area contributed by atoms with Gasteiger partial charge in [0, 0.05) is 38.1 Å². The molecule has 1 aromatic rings. The van der Waals surface area contributed by atoms with E-state index in [0.29, 0.717) is 12.5 Å². The lowest BCUT2D eigenvalue weighted by Gasteiger charge is -2.41. The second-order valence-electron chi connectivity index (χ2n) is 8.03. The Bertz CT molecular complexity index is 540. The molecule has 0 amide bonds. The molecule has 0 radical (unpaired) electrons. The maximum Gasteiger partial charge on any atom is 0.191 e. The second kappa shape index (κ2) is 9.22. The van der Waals surface area contributed by atoms with Crippen molar-refractivity contribution in [2.75, 3.05) is 26.7 Å². The van der Waals surface area contributed by atoms with Crippen LogP contribution >= 0.6 is 0 Å². The number of nitrogens with one attached hydrogen (secondary N) is 2. The standard InChI is InChI=1S/C19H36N6/c1-16(2)14-24-12-9-21-17(24)13-22-18(20-5)23-15-19(3,4)25-10-7-6-8-11-25/h9,12,16H,6-8,10-11,13-15H2,1-5H3,(H2,20,22,23). The van der Waals surface area contributed by atoms with Crippen molar-refractivity contribution >= 4 is 5.96 Å². The number of hydrogen-bond acceptors (Lipinski definition) is 3. The molecule has 25 heavy (non-hydrogen) atoms. The van der Waals surface area contributed by atoms with Crippen LogP contribution in [0.3, 0.4) is 0 Å². The van der Waals surface area contributed by atoms with Crippen LogP contribution in [0.25, 0.3) is 0 Å². The molecule has 6 heteroatoms. The lowest BCUT2D eigenvalue weighted by Crippen LogP contribution is -2.54. The van der Waals surface area contributed by atoms with Crippen molar-refractivity contribution in [2.45, 2.75) is 65.6 Å². The first-order chi connectivity index (χ1) is 11.9. The Hall–Kier alpha value is -1.56. The summed E-state index contributed by atoms with van der Waals surface area (Å²) in [5, 5.41) is 6.89. The molecule has 0 atom stereocenters. The average Bonchev–Trinajstić information content (AvgIpc) is 3.02. The van der Waals surface area contributed by atoms with Crippen molar-refractivity contribution in [1.82, 2.24) is 25.1 Å². The van der Waals surface area contributed by atoms with Gasteiger partial charge in [0.25, 0.3) is 0 Å². The number of piperidine rings is 1. The Labute approximate surface area is 153 Å². The van der Waals surface area contributed by atoms with Gasteiger partial charge >= 0.3 is 0 Å². The summed E-state index contributed by atoms with van der Waals surface area (Å²) in [6.45, 7) is 14.0. The van der Waals surface area contributed by atoms with E-state index in [2.05, 4.69) is 57.8 Å². The van der Waals surface area contributed by atoms with E-state index >= 15 is 0 Å². The number of rotatable bonds is 7. The molecule has 142 valence electrons. The van der Waals surface area contributed by atoms with Gasteiger partial charge in [-0.15, -0.1) is 0 Å². The minimum absolute atomic E-state index is 0.133. The number of likely N-dealkylation sites (tertiary alicyclic amines) is 1. The summed E-state index contributed by atoms with van der Waals surface area (Å²) in [6, 6.07) is 0. The molecule has 0 aromatic carbocycles. The third-order valence-electron chi connectivity index (χ3n) is 4.90. The summed E-state index contributed by atoms with van der Waals surface area (Å²) in [6.07, 6.45) is 7.91. The summed E-state index contributed by atoms with van der Waals surface area (Å²) in [5.74, 6) is 2.49. The smallest absolute Gasteiger partial charge is 0.191 e. The van der Waals surface area contributed by atoms with E-state index in [1.807, 2.05) is 19.4 Å². The zero-order valence-corrected chi connectivity index (χ0v) is 16.7. The average molecular weight is 349 g/mol. The van der Waals surface area contributed by atoms with E-state index in [0.717, 1.165) is 24.9 Å². The first kappa shape index (κ1) is 19.8. The van der Waals surface area contributed by atoms with Crippen molar-refractivity contribution in [2.24, 2.45) is 10.9 Å². The number of hydrogen-bond donors (Lipinski definition) is 2. The fraction of sp³-hybridized carbons (Fsp3) is 0.789. The molecule has 2 rings (SSSR count). The Morgan fingerprint density at radius 1 is 1.24 bits per heavy atom. The molecule has 0 saturated carbocycles. The highest BCUT2D eigenvalue weighted by Gasteiger charge is 2.27. The van der Waals surface area contributed by atoms with E-state index in [1.54, 1.807) is 0 Å². The maximum absolute atomic E-state index is 4.47. The van der Waals surface area contributed by atoms with Crippen LogP contribution < -0.4 is 10.6 Å². The van der Waals surface area contributed by atoms with Gasteiger partial charge in [0.05, 0.1) is 6.54 Å². The lowest BCUT2D eigenvalue weighted by molar-refractivity contribution is 0.0982. The van der Waals surface area contributed by atoms with Crippen LogP contribution in [-0.4, -0.2) is 52.6 Å². The highest BCUT2D eigenvalue weighted by Crippen LogP contribution is 2.19. The molecule has 1 aliphatic rings. The highest BCUT2D eigenvalue weighted by atomic mass is 15.2. The first-order valence-electron chi connectivity index (χ1n) is 9.62.